The molecule has 0 unspecified atom stereocenters. The number of hydrogen-bond acceptors (Lipinski definition) is 4. The summed E-state index contributed by atoms with van der Waals surface area (Å²) in [4.78, 5) is 9.64. The van der Waals surface area contributed by atoms with E-state index in [0.717, 1.165) is 11.4 Å². The van der Waals surface area contributed by atoms with Gasteiger partial charge in [0, 0.05) is 36.0 Å². The Balaban J connectivity index is 0.00000256. The monoisotopic (exact) mass is 446 g/mol. The van der Waals surface area contributed by atoms with Gasteiger partial charge in [-0.2, -0.15) is 0 Å². The standard InChI is InChI=1S/C25H22N2O2.Zn/c1-25(2,23-15-7-11-19(26-23)17-9-3-5-13-21(17)28)24-16-8-12-20(27-24)18-10-4-6-14-22(18)29;/h3-16,28-29H,1-2H3;. The van der Waals surface area contributed by atoms with E-state index in [1.54, 1.807) is 24.3 Å². The van der Waals surface area contributed by atoms with Crippen LogP contribution in [0, 0.1) is 0 Å². The van der Waals surface area contributed by atoms with E-state index in [1.165, 1.54) is 0 Å². The fourth-order valence-electron chi connectivity index (χ4n) is 3.38. The second-order valence-corrected chi connectivity index (χ2v) is 7.48. The van der Waals surface area contributed by atoms with Crippen molar-refractivity contribution in [3.63, 3.8) is 0 Å². The summed E-state index contributed by atoms with van der Waals surface area (Å²) in [6.45, 7) is 4.14. The molecule has 2 aromatic heterocycles. The first-order chi connectivity index (χ1) is 14.0. The number of benzene rings is 2. The molecule has 0 spiro atoms. The van der Waals surface area contributed by atoms with Gasteiger partial charge in [0.2, 0.25) is 0 Å². The second-order valence-electron chi connectivity index (χ2n) is 7.48. The number of aromatic hydroxyl groups is 2. The molecule has 0 aliphatic heterocycles. The Hall–Kier alpha value is -3.04. The van der Waals surface area contributed by atoms with Crippen molar-refractivity contribution in [1.82, 2.24) is 9.97 Å². The molecule has 4 nitrogen and oxygen atoms in total. The van der Waals surface area contributed by atoms with E-state index in [4.69, 9.17) is 9.97 Å². The van der Waals surface area contributed by atoms with Gasteiger partial charge in [-0.1, -0.05) is 36.4 Å². The molecular formula is C25H22N2O2Zn. The Morgan fingerprint density at radius 1 is 0.567 bits per heavy atom. The van der Waals surface area contributed by atoms with Crippen LogP contribution < -0.4 is 0 Å². The average Bonchev–Trinajstić information content (AvgIpc) is 2.74. The van der Waals surface area contributed by atoms with Gasteiger partial charge in [0.25, 0.3) is 0 Å². The van der Waals surface area contributed by atoms with Gasteiger partial charge in [0.15, 0.2) is 0 Å². The number of phenolic OH excluding ortho intramolecular Hbond substituents is 2. The van der Waals surface area contributed by atoms with Gasteiger partial charge in [0.05, 0.1) is 22.8 Å². The van der Waals surface area contributed by atoms with Gasteiger partial charge in [-0.05, 0) is 62.4 Å². The molecule has 0 fully saturated rings. The van der Waals surface area contributed by atoms with E-state index in [2.05, 4.69) is 13.8 Å². The zero-order chi connectivity index (χ0) is 20.4. The third kappa shape index (κ3) is 4.12. The van der Waals surface area contributed by atoms with Crippen molar-refractivity contribution >= 4 is 0 Å². The van der Waals surface area contributed by atoms with Crippen LogP contribution in [0.3, 0.4) is 0 Å². The normalized spacial score (nSPS) is 11.0. The zero-order valence-corrected chi connectivity index (χ0v) is 20.0. The first-order valence-electron chi connectivity index (χ1n) is 9.48. The van der Waals surface area contributed by atoms with Crippen molar-refractivity contribution in [2.75, 3.05) is 0 Å². The largest absolute Gasteiger partial charge is 0.507 e. The smallest absolute Gasteiger partial charge is 0.124 e. The molecule has 146 valence electrons. The van der Waals surface area contributed by atoms with E-state index in [1.807, 2.05) is 60.7 Å². The number of pyridine rings is 2. The van der Waals surface area contributed by atoms with Crippen LogP contribution in [0.15, 0.2) is 84.9 Å². The van der Waals surface area contributed by atoms with Gasteiger partial charge in [-0.25, -0.2) is 0 Å². The van der Waals surface area contributed by atoms with Crippen LogP contribution in [0.1, 0.15) is 25.2 Å². The zero-order valence-electron chi connectivity index (χ0n) is 17.1. The van der Waals surface area contributed by atoms with Crippen molar-refractivity contribution in [3.05, 3.63) is 96.3 Å². The van der Waals surface area contributed by atoms with Crippen LogP contribution in [0.2, 0.25) is 0 Å². The SMILES string of the molecule is CC(C)(c1cccc(-c2ccccc2O)n1)c1cccc(-c2ccccc2O)n1.[Zn]. The predicted octanol–water partition coefficient (Wildman–Crippen LogP) is 5.55. The maximum absolute atomic E-state index is 10.2. The summed E-state index contributed by atoms with van der Waals surface area (Å²) in [6.07, 6.45) is 0. The van der Waals surface area contributed by atoms with E-state index in [-0.39, 0.29) is 31.0 Å². The predicted molar refractivity (Wildman–Crippen MR) is 115 cm³/mol. The molecule has 0 aliphatic carbocycles. The van der Waals surface area contributed by atoms with E-state index in [9.17, 15) is 10.2 Å². The van der Waals surface area contributed by atoms with Gasteiger partial charge in [-0.15, -0.1) is 0 Å². The molecule has 0 saturated heterocycles. The van der Waals surface area contributed by atoms with Gasteiger partial charge < -0.3 is 10.2 Å². The first kappa shape index (κ1) is 21.7. The van der Waals surface area contributed by atoms with Gasteiger partial charge in [0.1, 0.15) is 11.5 Å². The third-order valence-electron chi connectivity index (χ3n) is 5.14. The minimum absolute atomic E-state index is 0. The number of para-hydroxylation sites is 2. The molecule has 2 N–H and O–H groups in total. The molecule has 0 saturated carbocycles. The summed E-state index contributed by atoms with van der Waals surface area (Å²) in [5.74, 6) is 0.407. The molecule has 4 aromatic rings. The number of aromatic nitrogens is 2. The topological polar surface area (TPSA) is 66.2 Å². The Morgan fingerprint density at radius 3 is 1.37 bits per heavy atom. The Morgan fingerprint density at radius 2 is 0.967 bits per heavy atom. The van der Waals surface area contributed by atoms with Gasteiger partial charge in [-0.3, -0.25) is 9.97 Å². The molecule has 0 bridgehead atoms. The maximum atomic E-state index is 10.2. The third-order valence-corrected chi connectivity index (χ3v) is 5.14. The van der Waals surface area contributed by atoms with Crippen molar-refractivity contribution in [2.24, 2.45) is 0 Å². The molecule has 0 atom stereocenters. The molecule has 30 heavy (non-hydrogen) atoms. The van der Waals surface area contributed by atoms with Crippen LogP contribution in [-0.4, -0.2) is 20.2 Å². The number of hydrogen-bond donors (Lipinski definition) is 2. The Bertz CT molecular complexity index is 1080. The molecular weight excluding hydrogens is 426 g/mol. The molecule has 0 amide bonds. The number of nitrogens with zero attached hydrogens (tertiary/aromatic N) is 2. The van der Waals surface area contributed by atoms with Crippen molar-refractivity contribution in [3.8, 4) is 34.0 Å². The fourth-order valence-corrected chi connectivity index (χ4v) is 3.38. The second kappa shape index (κ2) is 8.77. The summed E-state index contributed by atoms with van der Waals surface area (Å²) in [5.41, 5.74) is 4.04. The van der Waals surface area contributed by atoms with Crippen LogP contribution in [0.4, 0.5) is 0 Å². The molecule has 2 aromatic carbocycles. The summed E-state index contributed by atoms with van der Waals surface area (Å²) in [6, 6.07) is 26.0. The number of rotatable bonds is 4. The summed E-state index contributed by atoms with van der Waals surface area (Å²) < 4.78 is 0. The van der Waals surface area contributed by atoms with Gasteiger partial charge >= 0.3 is 0 Å². The minimum atomic E-state index is -0.471. The van der Waals surface area contributed by atoms with Crippen LogP contribution in [0.25, 0.3) is 22.5 Å². The van der Waals surface area contributed by atoms with Crippen molar-refractivity contribution in [1.29, 1.82) is 0 Å². The summed E-state index contributed by atoms with van der Waals surface area (Å²) in [5, 5.41) is 20.4. The van der Waals surface area contributed by atoms with E-state index < -0.39 is 5.41 Å². The quantitative estimate of drug-likeness (QED) is 0.403. The fraction of sp³-hybridized carbons (Fsp3) is 0.120. The Kier molecular flexibility index (Phi) is 6.33. The molecule has 0 aliphatic rings. The Labute approximate surface area is 189 Å². The van der Waals surface area contributed by atoms with E-state index >= 15 is 0 Å². The first-order valence-corrected chi connectivity index (χ1v) is 9.48. The van der Waals surface area contributed by atoms with Crippen molar-refractivity contribution < 1.29 is 29.7 Å². The van der Waals surface area contributed by atoms with Crippen LogP contribution in [-0.2, 0) is 24.9 Å². The van der Waals surface area contributed by atoms with Crippen LogP contribution >= 0.6 is 0 Å². The van der Waals surface area contributed by atoms with Crippen LogP contribution in [0.5, 0.6) is 11.5 Å². The average molecular weight is 448 g/mol. The molecule has 2 heterocycles. The van der Waals surface area contributed by atoms with E-state index in [0.29, 0.717) is 22.5 Å². The van der Waals surface area contributed by atoms with Crippen molar-refractivity contribution in [2.45, 2.75) is 19.3 Å². The summed E-state index contributed by atoms with van der Waals surface area (Å²) in [7, 11) is 0. The maximum Gasteiger partial charge on any atom is 0.124 e. The number of phenols is 2. The molecule has 0 radical (unpaired) electrons. The molecule has 5 heteroatoms. The summed E-state index contributed by atoms with van der Waals surface area (Å²) >= 11 is 0. The molecule has 4 rings (SSSR count). The minimum Gasteiger partial charge on any atom is -0.507 e.